The lowest BCUT2D eigenvalue weighted by Gasteiger charge is -2.02. The van der Waals surface area contributed by atoms with E-state index in [9.17, 15) is 9.18 Å². The zero-order chi connectivity index (χ0) is 9.56. The molecular weight excluding hydrogens is 159 g/mol. The van der Waals surface area contributed by atoms with Crippen LogP contribution in [0, 0.1) is 5.92 Å². The fourth-order valence-corrected chi connectivity index (χ4v) is 0.636. The second-order valence-electron chi connectivity index (χ2n) is 2.62. The summed E-state index contributed by atoms with van der Waals surface area (Å²) in [5.74, 6) is -1.57. The van der Waals surface area contributed by atoms with E-state index in [1.165, 1.54) is 6.08 Å². The van der Waals surface area contributed by atoms with Crippen molar-refractivity contribution in [2.75, 3.05) is 6.61 Å². The summed E-state index contributed by atoms with van der Waals surface area (Å²) in [5.41, 5.74) is 0. The van der Waals surface area contributed by atoms with Gasteiger partial charge in [-0.25, -0.2) is 4.79 Å². The zero-order valence-corrected chi connectivity index (χ0v) is 7.76. The molecule has 0 radical (unpaired) electrons. The SMILES string of the molecule is CCOC(=O)C(F)=CC(C)CC. The largest absolute Gasteiger partial charge is 0.461 e. The van der Waals surface area contributed by atoms with Gasteiger partial charge in [0.25, 0.3) is 0 Å². The van der Waals surface area contributed by atoms with E-state index >= 15 is 0 Å². The third-order valence-corrected chi connectivity index (χ3v) is 1.55. The van der Waals surface area contributed by atoms with Gasteiger partial charge in [-0.15, -0.1) is 0 Å². The van der Waals surface area contributed by atoms with E-state index in [4.69, 9.17) is 0 Å². The number of halogens is 1. The standard InChI is InChI=1S/C9H15FO2/c1-4-7(3)6-8(10)9(11)12-5-2/h6-7H,4-5H2,1-3H3. The Hall–Kier alpha value is -0.860. The molecule has 0 aliphatic rings. The minimum atomic E-state index is -0.863. The Morgan fingerprint density at radius 3 is 2.58 bits per heavy atom. The molecule has 0 heterocycles. The molecule has 1 atom stereocenters. The van der Waals surface area contributed by atoms with Crippen LogP contribution in [0.25, 0.3) is 0 Å². The molecule has 70 valence electrons. The van der Waals surface area contributed by atoms with Crippen LogP contribution in [0.4, 0.5) is 4.39 Å². The number of carbonyl (C=O) groups excluding carboxylic acids is 1. The molecule has 1 unspecified atom stereocenters. The third-order valence-electron chi connectivity index (χ3n) is 1.55. The Morgan fingerprint density at radius 1 is 1.58 bits per heavy atom. The van der Waals surface area contributed by atoms with Crippen molar-refractivity contribution in [3.63, 3.8) is 0 Å². The van der Waals surface area contributed by atoms with E-state index in [1.54, 1.807) is 6.92 Å². The maximum absolute atomic E-state index is 12.8. The van der Waals surface area contributed by atoms with Crippen molar-refractivity contribution in [1.82, 2.24) is 0 Å². The summed E-state index contributed by atoms with van der Waals surface area (Å²) in [7, 11) is 0. The van der Waals surface area contributed by atoms with Gasteiger partial charge >= 0.3 is 5.97 Å². The Balaban J connectivity index is 4.07. The lowest BCUT2D eigenvalue weighted by molar-refractivity contribution is -0.140. The van der Waals surface area contributed by atoms with Crippen molar-refractivity contribution >= 4 is 5.97 Å². The van der Waals surface area contributed by atoms with Gasteiger partial charge in [-0.1, -0.05) is 13.8 Å². The molecule has 0 saturated heterocycles. The van der Waals surface area contributed by atoms with Crippen LogP contribution >= 0.6 is 0 Å². The van der Waals surface area contributed by atoms with Gasteiger partial charge in [0.1, 0.15) is 0 Å². The molecule has 0 aliphatic carbocycles. The van der Waals surface area contributed by atoms with Gasteiger partial charge in [0.15, 0.2) is 0 Å². The van der Waals surface area contributed by atoms with Gasteiger partial charge in [0, 0.05) is 0 Å². The fourth-order valence-electron chi connectivity index (χ4n) is 0.636. The number of ether oxygens (including phenoxy) is 1. The van der Waals surface area contributed by atoms with Crippen molar-refractivity contribution in [3.8, 4) is 0 Å². The third kappa shape index (κ3) is 4.11. The van der Waals surface area contributed by atoms with Gasteiger partial charge in [0.2, 0.25) is 5.83 Å². The number of carbonyl (C=O) groups is 1. The zero-order valence-electron chi connectivity index (χ0n) is 7.76. The van der Waals surface area contributed by atoms with Gasteiger partial charge < -0.3 is 4.74 Å². The van der Waals surface area contributed by atoms with Crippen LogP contribution in [0.15, 0.2) is 11.9 Å². The summed E-state index contributed by atoms with van der Waals surface area (Å²) in [5, 5.41) is 0. The van der Waals surface area contributed by atoms with Crippen molar-refractivity contribution < 1.29 is 13.9 Å². The van der Waals surface area contributed by atoms with Gasteiger partial charge in [0.05, 0.1) is 6.61 Å². The van der Waals surface area contributed by atoms with E-state index < -0.39 is 11.8 Å². The van der Waals surface area contributed by atoms with Crippen molar-refractivity contribution in [1.29, 1.82) is 0 Å². The Bertz CT molecular complexity index is 175. The molecule has 0 saturated carbocycles. The average Bonchev–Trinajstić information content (AvgIpc) is 2.04. The first-order valence-corrected chi connectivity index (χ1v) is 4.16. The molecule has 0 spiro atoms. The molecule has 0 aromatic heterocycles. The Labute approximate surface area is 72.4 Å². The molecule has 0 amide bonds. The molecule has 12 heavy (non-hydrogen) atoms. The highest BCUT2D eigenvalue weighted by Crippen LogP contribution is 2.09. The summed E-state index contributed by atoms with van der Waals surface area (Å²) in [4.78, 5) is 10.7. The lowest BCUT2D eigenvalue weighted by atomic mass is 10.1. The molecule has 0 rings (SSSR count). The quantitative estimate of drug-likeness (QED) is 0.483. The number of rotatable bonds is 4. The summed E-state index contributed by atoms with van der Waals surface area (Å²) < 4.78 is 17.3. The molecule has 2 nitrogen and oxygen atoms in total. The van der Waals surface area contributed by atoms with Crippen molar-refractivity contribution in [2.45, 2.75) is 27.2 Å². The normalized spacial score (nSPS) is 14.2. The van der Waals surface area contributed by atoms with E-state index in [2.05, 4.69) is 4.74 Å². The molecule has 0 aromatic carbocycles. The van der Waals surface area contributed by atoms with Crippen LogP contribution in [0.3, 0.4) is 0 Å². The van der Waals surface area contributed by atoms with Crippen LogP contribution in [-0.2, 0) is 9.53 Å². The number of esters is 1. The van der Waals surface area contributed by atoms with E-state index in [1.807, 2.05) is 13.8 Å². The predicted octanol–water partition coefficient (Wildman–Crippen LogP) is 2.45. The second kappa shape index (κ2) is 5.75. The highest BCUT2D eigenvalue weighted by atomic mass is 19.1. The maximum Gasteiger partial charge on any atom is 0.366 e. The van der Waals surface area contributed by atoms with Crippen LogP contribution in [0.2, 0.25) is 0 Å². The minimum Gasteiger partial charge on any atom is -0.461 e. The van der Waals surface area contributed by atoms with E-state index in [0.29, 0.717) is 0 Å². The highest BCUT2D eigenvalue weighted by molar-refractivity contribution is 5.85. The molecule has 0 aromatic rings. The first-order chi connectivity index (χ1) is 5.61. The van der Waals surface area contributed by atoms with Crippen LogP contribution in [0.1, 0.15) is 27.2 Å². The summed E-state index contributed by atoms with van der Waals surface area (Å²) in [6.07, 6.45) is 2.10. The smallest absolute Gasteiger partial charge is 0.366 e. The predicted molar refractivity (Wildman–Crippen MR) is 45.3 cm³/mol. The van der Waals surface area contributed by atoms with E-state index in [0.717, 1.165) is 6.42 Å². The van der Waals surface area contributed by atoms with Crippen LogP contribution in [0.5, 0.6) is 0 Å². The summed E-state index contributed by atoms with van der Waals surface area (Å²) in [6.45, 7) is 5.63. The van der Waals surface area contributed by atoms with Crippen LogP contribution in [-0.4, -0.2) is 12.6 Å². The maximum atomic E-state index is 12.8. The van der Waals surface area contributed by atoms with E-state index in [-0.39, 0.29) is 12.5 Å². The molecular formula is C9H15FO2. The minimum absolute atomic E-state index is 0.0782. The summed E-state index contributed by atoms with van der Waals surface area (Å²) in [6, 6.07) is 0. The van der Waals surface area contributed by atoms with Crippen molar-refractivity contribution in [2.24, 2.45) is 5.92 Å². The van der Waals surface area contributed by atoms with Gasteiger partial charge in [-0.05, 0) is 25.3 Å². The molecule has 0 fully saturated rings. The average molecular weight is 174 g/mol. The fraction of sp³-hybridized carbons (Fsp3) is 0.667. The first-order valence-electron chi connectivity index (χ1n) is 4.16. The topological polar surface area (TPSA) is 26.3 Å². The number of allylic oxidation sites excluding steroid dienone is 1. The lowest BCUT2D eigenvalue weighted by Crippen LogP contribution is -2.05. The Morgan fingerprint density at radius 2 is 2.17 bits per heavy atom. The summed E-state index contributed by atoms with van der Waals surface area (Å²) >= 11 is 0. The second-order valence-corrected chi connectivity index (χ2v) is 2.62. The first kappa shape index (κ1) is 11.1. The molecule has 3 heteroatoms. The highest BCUT2D eigenvalue weighted by Gasteiger charge is 2.09. The Kier molecular flexibility index (Phi) is 5.34. The van der Waals surface area contributed by atoms with Crippen molar-refractivity contribution in [3.05, 3.63) is 11.9 Å². The number of hydrogen-bond acceptors (Lipinski definition) is 2. The molecule has 0 bridgehead atoms. The molecule has 0 aliphatic heterocycles. The molecule has 0 N–H and O–H groups in total. The van der Waals surface area contributed by atoms with Gasteiger partial charge in [-0.2, -0.15) is 4.39 Å². The van der Waals surface area contributed by atoms with Gasteiger partial charge in [-0.3, -0.25) is 0 Å². The van der Waals surface area contributed by atoms with Crippen LogP contribution < -0.4 is 0 Å². The number of hydrogen-bond donors (Lipinski definition) is 0. The monoisotopic (exact) mass is 174 g/mol.